The highest BCUT2D eigenvalue weighted by molar-refractivity contribution is 7.15. The normalized spacial score (nSPS) is 20.7. The minimum Gasteiger partial charge on any atom is -0.508 e. The Morgan fingerprint density at radius 3 is 2.25 bits per heavy atom. The number of benzene rings is 4. The van der Waals surface area contributed by atoms with E-state index in [0.717, 1.165) is 104 Å². The molecule has 3 atom stereocenters. The molecule has 4 aromatic carbocycles. The number of oxazole rings is 1. The van der Waals surface area contributed by atoms with Crippen LogP contribution in [0.4, 0.5) is 11.4 Å². The van der Waals surface area contributed by atoms with Gasteiger partial charge in [-0.3, -0.25) is 14.5 Å². The number of piperidine rings is 1. The summed E-state index contributed by atoms with van der Waals surface area (Å²) < 4.78 is 7.84. The van der Waals surface area contributed by atoms with Gasteiger partial charge in [-0.2, -0.15) is 0 Å². The number of hydrogen-bond acceptors (Lipinski definition) is 11. The van der Waals surface area contributed by atoms with Gasteiger partial charge >= 0.3 is 0 Å². The van der Waals surface area contributed by atoms with E-state index in [2.05, 4.69) is 133 Å². The molecule has 0 spiro atoms. The molecule has 11 rings (SSSR count). The van der Waals surface area contributed by atoms with Crippen LogP contribution in [0.5, 0.6) is 5.75 Å². The van der Waals surface area contributed by atoms with Crippen LogP contribution < -0.4 is 9.80 Å². The summed E-state index contributed by atoms with van der Waals surface area (Å²) in [6.07, 6.45) is 7.25. The second-order valence-corrected chi connectivity index (χ2v) is 19.8. The topological polar surface area (TPSA) is 119 Å². The maximum absolute atomic E-state index is 11.9. The quantitative estimate of drug-likeness (QED) is 0.146. The van der Waals surface area contributed by atoms with Crippen LogP contribution in [0.15, 0.2) is 119 Å². The Labute approximate surface area is 384 Å². The number of rotatable bonds is 9. The number of fused-ring (bicyclic) bond motifs is 4. The number of phenolic OH excluding ortho intramolecular Hbond substituents is 1. The number of nitrogens with zero attached hydrogens (tertiary/aromatic N) is 8. The third kappa shape index (κ3) is 7.95. The molecule has 7 aromatic rings. The maximum atomic E-state index is 11.9. The molecule has 3 aliphatic heterocycles. The molecule has 4 aliphatic rings. The summed E-state index contributed by atoms with van der Waals surface area (Å²) in [6.45, 7) is 12.4. The van der Waals surface area contributed by atoms with Crippen molar-refractivity contribution in [1.82, 2.24) is 24.6 Å². The summed E-state index contributed by atoms with van der Waals surface area (Å²) in [6, 6.07) is 34.6. The van der Waals surface area contributed by atoms with E-state index >= 15 is 0 Å². The van der Waals surface area contributed by atoms with E-state index < -0.39 is 5.60 Å². The summed E-state index contributed by atoms with van der Waals surface area (Å²) in [5.41, 5.74) is 11.3. The molecule has 0 saturated carbocycles. The smallest absolute Gasteiger partial charge is 0.196 e. The molecule has 3 aromatic heterocycles. The van der Waals surface area contributed by atoms with Gasteiger partial charge in [-0.1, -0.05) is 60.7 Å². The molecule has 6 heterocycles. The summed E-state index contributed by atoms with van der Waals surface area (Å²) >= 11 is 1.76. The lowest BCUT2D eigenvalue weighted by Gasteiger charge is -2.44. The van der Waals surface area contributed by atoms with Gasteiger partial charge in [-0.15, -0.1) is 21.5 Å². The fraction of sp³-hybridized carbons (Fsp3) is 0.358. The number of piperazine rings is 1. The Morgan fingerprint density at radius 2 is 1.52 bits per heavy atom. The van der Waals surface area contributed by atoms with E-state index in [1.807, 2.05) is 19.1 Å². The molecule has 0 radical (unpaired) electrons. The van der Waals surface area contributed by atoms with Crippen molar-refractivity contribution in [3.63, 3.8) is 0 Å². The Balaban J connectivity index is 0.730. The zero-order valence-corrected chi connectivity index (χ0v) is 38.2. The van der Waals surface area contributed by atoms with Gasteiger partial charge in [-0.05, 0) is 117 Å². The molecule has 65 heavy (non-hydrogen) atoms. The van der Waals surface area contributed by atoms with Crippen molar-refractivity contribution >= 4 is 28.4 Å². The summed E-state index contributed by atoms with van der Waals surface area (Å²) in [5.74, 6) is 3.23. The van der Waals surface area contributed by atoms with Gasteiger partial charge < -0.3 is 24.4 Å². The third-order valence-corrected chi connectivity index (χ3v) is 15.8. The number of aliphatic imine (C=N–C) groups is 1. The number of aromatic hydroxyl groups is 1. The van der Waals surface area contributed by atoms with Gasteiger partial charge in [0, 0.05) is 79.1 Å². The monoisotopic (exact) mass is 884 g/mol. The number of anilines is 2. The van der Waals surface area contributed by atoms with Crippen molar-refractivity contribution in [2.45, 2.75) is 76.4 Å². The molecular formula is C53H56N8O3S. The molecule has 12 heteroatoms. The molecule has 0 amide bonds. The van der Waals surface area contributed by atoms with Crippen LogP contribution in [-0.4, -0.2) is 92.0 Å². The van der Waals surface area contributed by atoms with Gasteiger partial charge in [0.2, 0.25) is 0 Å². The number of hydrogen-bond donors (Lipinski definition) is 2. The number of β-amino-alcohol motifs (C(OH)–C–C–N with tert-alkyl or cyclic N) is 1. The van der Waals surface area contributed by atoms with Crippen molar-refractivity contribution < 1.29 is 14.6 Å². The zero-order chi connectivity index (χ0) is 44.2. The van der Waals surface area contributed by atoms with Gasteiger partial charge in [-0.25, -0.2) is 4.98 Å². The minimum absolute atomic E-state index is 0.240. The van der Waals surface area contributed by atoms with E-state index in [0.29, 0.717) is 30.5 Å². The lowest BCUT2D eigenvalue weighted by molar-refractivity contribution is -0.0173. The highest BCUT2D eigenvalue weighted by Gasteiger charge is 2.37. The van der Waals surface area contributed by atoms with Crippen molar-refractivity contribution in [2.75, 3.05) is 55.6 Å². The predicted molar refractivity (Wildman–Crippen MR) is 257 cm³/mol. The zero-order valence-electron chi connectivity index (χ0n) is 37.4. The van der Waals surface area contributed by atoms with Crippen molar-refractivity contribution in [3.05, 3.63) is 171 Å². The van der Waals surface area contributed by atoms with Crippen LogP contribution in [-0.2, 0) is 12.8 Å². The van der Waals surface area contributed by atoms with E-state index in [-0.39, 0.29) is 12.0 Å². The molecular weight excluding hydrogens is 829 g/mol. The highest BCUT2D eigenvalue weighted by atomic mass is 32.1. The summed E-state index contributed by atoms with van der Waals surface area (Å²) in [7, 11) is 0. The first kappa shape index (κ1) is 41.6. The van der Waals surface area contributed by atoms with Crippen LogP contribution in [0.1, 0.15) is 98.5 Å². The second kappa shape index (κ2) is 17.0. The number of thiophene rings is 1. The molecule has 1 aliphatic carbocycles. The standard InChI is InChI=1S/C53H56N8O3S/c1-34-35(2)65-52-48(34)50(55-46(32-47-54-23-30-64-47)51-57-56-36(3)61(51)52)39-11-16-41(17-12-39)59-24-21-53(63,22-25-59)33-58-26-28-60(29-27-58)42-14-9-38(10-15-42)49-44(37-7-5-4-6-8-37)19-13-40-31-43(62)18-20-45(40)49/h4-12,14-18,20,23,30-31,44,46,49,62-63H,13,19,21-22,24-29,32-33H2,1-3H3/t44-,46+,49+/m1/s1. The molecule has 2 saturated heterocycles. The first-order chi connectivity index (χ1) is 31.7. The minimum atomic E-state index is -0.710. The summed E-state index contributed by atoms with van der Waals surface area (Å²) in [4.78, 5) is 18.4. The molecule has 0 unspecified atom stereocenters. The maximum Gasteiger partial charge on any atom is 0.196 e. The van der Waals surface area contributed by atoms with Gasteiger partial charge in [0.05, 0.1) is 23.9 Å². The average molecular weight is 885 g/mol. The first-order valence-electron chi connectivity index (χ1n) is 23.2. The second-order valence-electron chi connectivity index (χ2n) is 18.6. The Kier molecular flexibility index (Phi) is 10.9. The van der Waals surface area contributed by atoms with E-state index in [4.69, 9.17) is 9.41 Å². The van der Waals surface area contributed by atoms with Crippen molar-refractivity contribution in [1.29, 1.82) is 0 Å². The largest absolute Gasteiger partial charge is 0.508 e. The molecule has 332 valence electrons. The number of aromatic nitrogens is 4. The van der Waals surface area contributed by atoms with E-state index in [1.165, 1.54) is 38.4 Å². The third-order valence-electron chi connectivity index (χ3n) is 14.6. The number of aliphatic hydroxyl groups is 1. The molecule has 0 bridgehead atoms. The lowest BCUT2D eigenvalue weighted by atomic mass is 9.69. The summed E-state index contributed by atoms with van der Waals surface area (Å²) in [5, 5.41) is 32.4. The van der Waals surface area contributed by atoms with Gasteiger partial charge in [0.15, 0.2) is 11.7 Å². The number of phenols is 1. The Hall–Kier alpha value is -6.08. The van der Waals surface area contributed by atoms with Crippen LogP contribution >= 0.6 is 11.3 Å². The first-order valence-corrected chi connectivity index (χ1v) is 24.0. The molecule has 2 N–H and O–H groups in total. The average Bonchev–Trinajstić information content (AvgIpc) is 4.04. The van der Waals surface area contributed by atoms with Crippen LogP contribution in [0.2, 0.25) is 0 Å². The van der Waals surface area contributed by atoms with Gasteiger partial charge in [0.25, 0.3) is 0 Å². The van der Waals surface area contributed by atoms with Gasteiger partial charge in [0.1, 0.15) is 28.9 Å². The van der Waals surface area contributed by atoms with Crippen LogP contribution in [0.25, 0.3) is 5.00 Å². The fourth-order valence-electron chi connectivity index (χ4n) is 11.0. The number of aryl methyl sites for hydroxylation is 3. The van der Waals surface area contributed by atoms with E-state index in [9.17, 15) is 10.2 Å². The fourth-order valence-corrected chi connectivity index (χ4v) is 12.2. The highest BCUT2D eigenvalue weighted by Crippen LogP contribution is 2.47. The molecule has 2 fully saturated rings. The molecule has 11 nitrogen and oxygen atoms in total. The van der Waals surface area contributed by atoms with Crippen LogP contribution in [0.3, 0.4) is 0 Å². The van der Waals surface area contributed by atoms with Crippen molar-refractivity contribution in [2.24, 2.45) is 4.99 Å². The SMILES string of the molecule is Cc1sc2c(c1C)C(c1ccc(N3CCC(O)(CN4CCN(c5ccc([C@@H]6c7ccc(O)cc7CC[C@@H]6c6ccccc6)cc5)CC4)CC3)cc1)=N[C@@H](Cc1ncco1)c1nnc(C)n1-2. The Bertz CT molecular complexity index is 2820. The van der Waals surface area contributed by atoms with Crippen LogP contribution in [0, 0.1) is 20.8 Å². The van der Waals surface area contributed by atoms with E-state index in [1.54, 1.807) is 23.8 Å². The van der Waals surface area contributed by atoms with Crippen molar-refractivity contribution in [3.8, 4) is 10.8 Å². The Morgan fingerprint density at radius 1 is 0.800 bits per heavy atom. The predicted octanol–water partition coefficient (Wildman–Crippen LogP) is 9.10. The lowest BCUT2D eigenvalue weighted by Crippen LogP contribution is -2.55.